The lowest BCUT2D eigenvalue weighted by Gasteiger charge is -2.27. The number of rotatable bonds is 6. The van der Waals surface area contributed by atoms with Gasteiger partial charge in [0.05, 0.1) is 13.0 Å². The minimum atomic E-state index is -1.41. The van der Waals surface area contributed by atoms with E-state index in [2.05, 4.69) is 5.32 Å². The Morgan fingerprint density at radius 2 is 1.78 bits per heavy atom. The number of nitrogens with one attached hydrogen (secondary N) is 1. The maximum absolute atomic E-state index is 11.7. The molecule has 1 atom stereocenters. The van der Waals surface area contributed by atoms with Gasteiger partial charge >= 0.3 is 5.97 Å². The summed E-state index contributed by atoms with van der Waals surface area (Å²) in [5.74, 6) is -1.78. The maximum Gasteiger partial charge on any atom is 0.309 e. The second kappa shape index (κ2) is 6.51. The smallest absolute Gasteiger partial charge is 0.309 e. The molecule has 0 aromatic rings. The molecule has 0 saturated carbocycles. The van der Waals surface area contributed by atoms with Gasteiger partial charge < -0.3 is 20.6 Å². The van der Waals surface area contributed by atoms with Gasteiger partial charge in [0.25, 0.3) is 5.91 Å². The molecule has 0 aromatic carbocycles. The zero-order valence-corrected chi connectivity index (χ0v) is 11.1. The third kappa shape index (κ3) is 4.85. The number of aliphatic hydroxyl groups excluding tert-OH is 2. The summed E-state index contributed by atoms with van der Waals surface area (Å²) in [5.41, 5.74) is -0.0832. The Balaban J connectivity index is 4.83. The average molecular weight is 259 g/mol. The molecule has 0 spiro atoms. The standard InChI is InChI=1S/C12H21NO5/c1-7(2)8(5-9(15)16)13-11(18)10(17)12(3,4)6-14/h10,14,17H,5-6H2,1-4H3,(H,13,18)(H,15,16)/t10-/m0/s1. The molecule has 0 heterocycles. The van der Waals surface area contributed by atoms with Gasteiger partial charge in [-0.25, -0.2) is 0 Å². The van der Waals surface area contributed by atoms with Gasteiger partial charge in [0.2, 0.25) is 0 Å². The van der Waals surface area contributed by atoms with Crippen molar-refractivity contribution in [3.8, 4) is 0 Å². The minimum Gasteiger partial charge on any atom is -0.481 e. The van der Waals surface area contributed by atoms with Crippen molar-refractivity contribution in [2.45, 2.75) is 40.2 Å². The minimum absolute atomic E-state index is 0.250. The number of amides is 1. The fraction of sp³-hybridized carbons (Fsp3) is 0.667. The van der Waals surface area contributed by atoms with Crippen molar-refractivity contribution in [1.82, 2.24) is 5.32 Å². The topological polar surface area (TPSA) is 107 Å². The molecule has 6 nitrogen and oxygen atoms in total. The fourth-order valence-electron chi connectivity index (χ4n) is 1.16. The van der Waals surface area contributed by atoms with Crippen LogP contribution in [0, 0.1) is 5.41 Å². The summed E-state index contributed by atoms with van der Waals surface area (Å²) in [4.78, 5) is 22.4. The molecule has 0 aliphatic heterocycles. The second-order valence-corrected chi connectivity index (χ2v) is 5.09. The molecule has 0 aromatic heterocycles. The molecule has 0 unspecified atom stereocenters. The predicted octanol–water partition coefficient (Wildman–Crippen LogP) is 0.251. The summed E-state index contributed by atoms with van der Waals surface area (Å²) in [7, 11) is 0. The Morgan fingerprint density at radius 1 is 1.28 bits per heavy atom. The number of aliphatic carboxylic acids is 1. The molecule has 1 amide bonds. The van der Waals surface area contributed by atoms with E-state index < -0.39 is 23.4 Å². The highest BCUT2D eigenvalue weighted by Crippen LogP contribution is 2.20. The van der Waals surface area contributed by atoms with Gasteiger partial charge in [0, 0.05) is 11.1 Å². The first-order chi connectivity index (χ1) is 8.11. The molecular formula is C12H21NO5. The normalized spacial score (nSPS) is 12.8. The van der Waals surface area contributed by atoms with E-state index in [-0.39, 0.29) is 18.7 Å². The van der Waals surface area contributed by atoms with Gasteiger partial charge in [0.1, 0.15) is 6.10 Å². The van der Waals surface area contributed by atoms with Gasteiger partial charge in [-0.2, -0.15) is 0 Å². The number of carboxylic acid groups (broad SMARTS) is 1. The highest BCUT2D eigenvalue weighted by atomic mass is 16.4. The number of carbonyl (C=O) groups is 2. The number of hydrogen-bond donors (Lipinski definition) is 4. The SMILES string of the molecule is CC(C)=C(CC(=O)O)NC(=O)[C@H](O)C(C)(C)CO. The van der Waals surface area contributed by atoms with E-state index >= 15 is 0 Å². The van der Waals surface area contributed by atoms with Crippen molar-refractivity contribution in [3.05, 3.63) is 11.3 Å². The Hall–Kier alpha value is -1.40. The van der Waals surface area contributed by atoms with Crippen LogP contribution in [0.3, 0.4) is 0 Å². The highest BCUT2D eigenvalue weighted by Gasteiger charge is 2.33. The number of aliphatic hydroxyl groups is 2. The Morgan fingerprint density at radius 3 is 2.11 bits per heavy atom. The van der Waals surface area contributed by atoms with Crippen LogP contribution >= 0.6 is 0 Å². The van der Waals surface area contributed by atoms with Crippen LogP contribution in [0.4, 0.5) is 0 Å². The lowest BCUT2D eigenvalue weighted by Crippen LogP contribution is -2.45. The first-order valence-corrected chi connectivity index (χ1v) is 5.59. The molecule has 104 valence electrons. The molecule has 0 saturated heterocycles. The third-order valence-corrected chi connectivity index (χ3v) is 2.60. The molecule has 0 aliphatic carbocycles. The first-order valence-electron chi connectivity index (χ1n) is 5.59. The van der Waals surface area contributed by atoms with Gasteiger partial charge in [-0.15, -0.1) is 0 Å². The number of hydrogen-bond acceptors (Lipinski definition) is 4. The monoisotopic (exact) mass is 259 g/mol. The van der Waals surface area contributed by atoms with Crippen molar-refractivity contribution in [3.63, 3.8) is 0 Å². The Labute approximate surface area is 106 Å². The summed E-state index contributed by atoms with van der Waals surface area (Å²) in [6.07, 6.45) is -1.73. The van der Waals surface area contributed by atoms with Crippen molar-refractivity contribution in [2.75, 3.05) is 6.61 Å². The Bertz CT molecular complexity index is 355. The van der Waals surface area contributed by atoms with Crippen LogP contribution in [-0.4, -0.2) is 39.9 Å². The molecule has 0 rings (SSSR count). The van der Waals surface area contributed by atoms with E-state index in [0.29, 0.717) is 5.57 Å². The fourth-order valence-corrected chi connectivity index (χ4v) is 1.16. The largest absolute Gasteiger partial charge is 0.481 e. The van der Waals surface area contributed by atoms with E-state index in [1.807, 2.05) is 0 Å². The van der Waals surface area contributed by atoms with Crippen LogP contribution in [0.15, 0.2) is 11.3 Å². The van der Waals surface area contributed by atoms with Gasteiger partial charge in [-0.05, 0) is 13.8 Å². The van der Waals surface area contributed by atoms with Crippen LogP contribution in [-0.2, 0) is 9.59 Å². The Kier molecular flexibility index (Phi) is 6.00. The predicted molar refractivity (Wildman–Crippen MR) is 65.6 cm³/mol. The van der Waals surface area contributed by atoms with Crippen LogP contribution in [0.25, 0.3) is 0 Å². The second-order valence-electron chi connectivity index (χ2n) is 5.09. The van der Waals surface area contributed by atoms with Crippen LogP contribution in [0.2, 0.25) is 0 Å². The summed E-state index contributed by atoms with van der Waals surface area (Å²) in [5, 5.41) is 29.9. The maximum atomic E-state index is 11.7. The van der Waals surface area contributed by atoms with Gasteiger partial charge in [-0.3, -0.25) is 9.59 Å². The van der Waals surface area contributed by atoms with E-state index in [0.717, 1.165) is 0 Å². The third-order valence-electron chi connectivity index (χ3n) is 2.60. The summed E-state index contributed by atoms with van der Waals surface area (Å²) in [6, 6.07) is 0. The molecular weight excluding hydrogens is 238 g/mol. The van der Waals surface area contributed by atoms with Crippen LogP contribution < -0.4 is 5.32 Å². The highest BCUT2D eigenvalue weighted by molar-refractivity contribution is 5.84. The molecule has 0 fully saturated rings. The lowest BCUT2D eigenvalue weighted by atomic mass is 9.87. The molecule has 4 N–H and O–H groups in total. The van der Waals surface area contributed by atoms with Crippen molar-refractivity contribution in [2.24, 2.45) is 5.41 Å². The van der Waals surface area contributed by atoms with Crippen LogP contribution in [0.1, 0.15) is 34.1 Å². The number of carbonyl (C=O) groups excluding carboxylic acids is 1. The van der Waals surface area contributed by atoms with Crippen molar-refractivity contribution < 1.29 is 24.9 Å². The molecule has 0 aliphatic rings. The van der Waals surface area contributed by atoms with Crippen molar-refractivity contribution >= 4 is 11.9 Å². The number of allylic oxidation sites excluding steroid dienone is 1. The van der Waals surface area contributed by atoms with Gasteiger partial charge in [-0.1, -0.05) is 19.4 Å². The average Bonchev–Trinajstić information content (AvgIpc) is 2.26. The molecule has 0 bridgehead atoms. The summed E-state index contributed by atoms with van der Waals surface area (Å²) < 4.78 is 0. The van der Waals surface area contributed by atoms with E-state index in [4.69, 9.17) is 10.2 Å². The molecule has 18 heavy (non-hydrogen) atoms. The van der Waals surface area contributed by atoms with Crippen molar-refractivity contribution in [1.29, 1.82) is 0 Å². The van der Waals surface area contributed by atoms with E-state index in [1.54, 1.807) is 13.8 Å². The summed E-state index contributed by atoms with van der Waals surface area (Å²) >= 11 is 0. The zero-order valence-electron chi connectivity index (χ0n) is 11.1. The lowest BCUT2D eigenvalue weighted by molar-refractivity contribution is -0.137. The quantitative estimate of drug-likeness (QED) is 0.547. The molecule has 0 radical (unpaired) electrons. The van der Waals surface area contributed by atoms with E-state index in [1.165, 1.54) is 13.8 Å². The summed E-state index contributed by atoms with van der Waals surface area (Å²) in [6.45, 7) is 6.06. The molecule has 6 heteroatoms. The number of carboxylic acids is 1. The van der Waals surface area contributed by atoms with E-state index in [9.17, 15) is 14.7 Å². The van der Waals surface area contributed by atoms with Crippen LogP contribution in [0.5, 0.6) is 0 Å². The first kappa shape index (κ1) is 16.6. The zero-order chi connectivity index (χ0) is 14.5. The van der Waals surface area contributed by atoms with Gasteiger partial charge in [0.15, 0.2) is 0 Å².